The third-order valence-electron chi connectivity index (χ3n) is 4.12. The van der Waals surface area contributed by atoms with Gasteiger partial charge in [0.25, 0.3) is 5.91 Å². The van der Waals surface area contributed by atoms with Crippen molar-refractivity contribution in [3.63, 3.8) is 0 Å². The van der Waals surface area contributed by atoms with Gasteiger partial charge in [0.2, 0.25) is 0 Å². The summed E-state index contributed by atoms with van der Waals surface area (Å²) in [5.41, 5.74) is 0.113. The first-order valence-electron chi connectivity index (χ1n) is 8.74. The molecule has 158 valence electrons. The van der Waals surface area contributed by atoms with Crippen molar-refractivity contribution in [1.82, 2.24) is 14.9 Å². The van der Waals surface area contributed by atoms with Crippen LogP contribution in [0.25, 0.3) is 10.6 Å². The normalized spacial score (nSPS) is 16.5. The second-order valence-electron chi connectivity index (χ2n) is 6.62. The smallest absolute Gasteiger partial charge is 0.340 e. The Labute approximate surface area is 174 Å². The highest BCUT2D eigenvalue weighted by Crippen LogP contribution is 2.40. The molecular formula is C19H22F3N3O2S2. The van der Waals surface area contributed by atoms with Crippen molar-refractivity contribution < 1.29 is 22.2 Å². The average Bonchev–Trinajstić information content (AvgIpc) is 3.06. The quantitative estimate of drug-likeness (QED) is 0.597. The van der Waals surface area contributed by atoms with Gasteiger partial charge in [0.1, 0.15) is 16.3 Å². The molecule has 1 unspecified atom stereocenters. The molecule has 0 radical (unpaired) electrons. The number of amides is 1. The van der Waals surface area contributed by atoms with Crippen molar-refractivity contribution in [2.24, 2.45) is 0 Å². The van der Waals surface area contributed by atoms with Crippen LogP contribution >= 0.6 is 11.3 Å². The molecule has 0 spiro atoms. The molecule has 0 N–H and O–H groups in total. The molecule has 29 heavy (non-hydrogen) atoms. The van der Waals surface area contributed by atoms with Crippen molar-refractivity contribution >= 4 is 28.0 Å². The largest absolute Gasteiger partial charge is 0.420 e. The molecule has 5 nitrogen and oxygen atoms in total. The summed E-state index contributed by atoms with van der Waals surface area (Å²) in [7, 11) is 0.137. The zero-order valence-electron chi connectivity index (χ0n) is 16.8. The van der Waals surface area contributed by atoms with Crippen LogP contribution in [0.4, 0.5) is 13.2 Å². The van der Waals surface area contributed by atoms with E-state index in [0.717, 1.165) is 17.5 Å². The van der Waals surface area contributed by atoms with Crippen LogP contribution < -0.4 is 0 Å². The number of allylic oxidation sites excluding steroid dienone is 2. The Morgan fingerprint density at radius 1 is 1.34 bits per heavy atom. The van der Waals surface area contributed by atoms with E-state index in [0.29, 0.717) is 6.54 Å². The summed E-state index contributed by atoms with van der Waals surface area (Å²) < 4.78 is 51.9. The summed E-state index contributed by atoms with van der Waals surface area (Å²) in [6.07, 6.45) is -1.81. The van der Waals surface area contributed by atoms with Crippen molar-refractivity contribution in [2.45, 2.75) is 38.8 Å². The highest BCUT2D eigenvalue weighted by Gasteiger charge is 2.37. The van der Waals surface area contributed by atoms with E-state index in [2.05, 4.69) is 29.9 Å². The van der Waals surface area contributed by atoms with Gasteiger partial charge >= 0.3 is 6.18 Å². The number of hydrogen-bond acceptors (Lipinski definition) is 5. The molecule has 0 aromatic carbocycles. The number of aromatic nitrogens is 2. The Kier molecular flexibility index (Phi) is 7.34. The first kappa shape index (κ1) is 23.2. The van der Waals surface area contributed by atoms with Crippen LogP contribution in [0.15, 0.2) is 28.8 Å². The van der Waals surface area contributed by atoms with Crippen LogP contribution in [0.1, 0.15) is 41.8 Å². The number of rotatable bonds is 1. The molecular weight excluding hydrogens is 423 g/mol. The molecule has 1 aliphatic rings. The van der Waals surface area contributed by atoms with Gasteiger partial charge in [0, 0.05) is 25.5 Å². The third-order valence-corrected chi connectivity index (χ3v) is 6.75. The van der Waals surface area contributed by atoms with Crippen LogP contribution in [0.5, 0.6) is 0 Å². The predicted molar refractivity (Wildman–Crippen MR) is 108 cm³/mol. The number of carbonyl (C=O) groups is 1. The molecule has 1 atom stereocenters. The molecule has 0 bridgehead atoms. The first-order valence-corrected chi connectivity index (χ1v) is 10.9. The van der Waals surface area contributed by atoms with E-state index in [9.17, 15) is 22.2 Å². The fourth-order valence-electron chi connectivity index (χ4n) is 2.28. The fraction of sp³-hybridized carbons (Fsp3) is 0.421. The summed E-state index contributed by atoms with van der Waals surface area (Å²) in [5, 5.41) is 0. The van der Waals surface area contributed by atoms with E-state index in [4.69, 9.17) is 0 Å². The Bertz CT molecular complexity index is 964. The molecule has 0 saturated carbocycles. The van der Waals surface area contributed by atoms with Crippen LogP contribution in [0.3, 0.4) is 0 Å². The van der Waals surface area contributed by atoms with Crippen LogP contribution in [-0.4, -0.2) is 44.3 Å². The van der Waals surface area contributed by atoms with E-state index in [1.54, 1.807) is 7.05 Å². The van der Waals surface area contributed by atoms with E-state index in [1.807, 2.05) is 6.92 Å². The van der Waals surface area contributed by atoms with E-state index >= 15 is 0 Å². The number of fused-ring (bicyclic) bond motifs is 1. The molecule has 0 aliphatic carbocycles. The number of halogens is 3. The fourth-order valence-corrected chi connectivity index (χ4v) is 5.01. The minimum Gasteiger partial charge on any atom is -0.340 e. The average molecular weight is 446 g/mol. The standard InChI is InChI=1S/C14H12F3N3O2S2.C5H10/c1-7-18-6-8(14(15,16)17)11(19-7)9-5-10-12(23-9)13(21)20(2)3-4-24(10)22;1-4-5(2)3/h5-6H,3-4H2,1-2H3;4H,1-3H3. The van der Waals surface area contributed by atoms with Crippen molar-refractivity contribution in [3.05, 3.63) is 40.2 Å². The molecule has 1 aliphatic heterocycles. The Balaban J connectivity index is 0.000000537. The maximum Gasteiger partial charge on any atom is 0.420 e. The SMILES string of the molecule is CC=C(C)C.Cc1ncc(C(F)(F)F)c(-c2cc3c(s2)C(=O)N(C)CCS3=O)n1. The number of nitrogens with zero attached hydrogens (tertiary/aromatic N) is 3. The second kappa shape index (κ2) is 9.17. The number of carbonyl (C=O) groups excluding carboxylic acids is 1. The number of aryl methyl sites for hydroxylation is 1. The Morgan fingerprint density at radius 2 is 1.97 bits per heavy atom. The highest BCUT2D eigenvalue weighted by atomic mass is 32.2. The lowest BCUT2D eigenvalue weighted by molar-refractivity contribution is -0.137. The minimum atomic E-state index is -4.62. The van der Waals surface area contributed by atoms with E-state index < -0.39 is 22.5 Å². The Hall–Kier alpha value is -2.07. The van der Waals surface area contributed by atoms with Crippen molar-refractivity contribution in [3.8, 4) is 10.6 Å². The second-order valence-corrected chi connectivity index (χ2v) is 9.21. The summed E-state index contributed by atoms with van der Waals surface area (Å²) in [6.45, 7) is 8.03. The first-order chi connectivity index (χ1) is 13.5. The zero-order valence-corrected chi connectivity index (χ0v) is 18.4. The van der Waals surface area contributed by atoms with E-state index in [1.165, 1.54) is 23.5 Å². The van der Waals surface area contributed by atoms with Crippen LogP contribution in [0, 0.1) is 6.92 Å². The van der Waals surface area contributed by atoms with Crippen LogP contribution in [0.2, 0.25) is 0 Å². The van der Waals surface area contributed by atoms with Gasteiger partial charge in [-0.3, -0.25) is 9.00 Å². The Morgan fingerprint density at radius 3 is 2.52 bits per heavy atom. The van der Waals surface area contributed by atoms with Gasteiger partial charge in [-0.1, -0.05) is 11.6 Å². The lowest BCUT2D eigenvalue weighted by Gasteiger charge is -2.12. The lowest BCUT2D eigenvalue weighted by atomic mass is 10.2. The lowest BCUT2D eigenvalue weighted by Crippen LogP contribution is -2.27. The molecule has 1 amide bonds. The summed E-state index contributed by atoms with van der Waals surface area (Å²) in [6, 6.07) is 1.38. The summed E-state index contributed by atoms with van der Waals surface area (Å²) in [4.78, 5) is 21.9. The highest BCUT2D eigenvalue weighted by molar-refractivity contribution is 7.85. The molecule has 3 heterocycles. The molecule has 0 saturated heterocycles. The van der Waals surface area contributed by atoms with Gasteiger partial charge in [-0.2, -0.15) is 13.2 Å². The molecule has 2 aromatic rings. The van der Waals surface area contributed by atoms with Gasteiger partial charge < -0.3 is 4.90 Å². The molecule has 0 fully saturated rings. The predicted octanol–water partition coefficient (Wildman–Crippen LogP) is 4.70. The molecule has 10 heteroatoms. The maximum atomic E-state index is 13.2. The topological polar surface area (TPSA) is 63.2 Å². The molecule has 3 rings (SSSR count). The van der Waals surface area contributed by atoms with Gasteiger partial charge in [-0.05, 0) is 33.8 Å². The number of hydrogen-bond donors (Lipinski definition) is 0. The van der Waals surface area contributed by atoms with E-state index in [-0.39, 0.29) is 37.8 Å². The third kappa shape index (κ3) is 5.51. The van der Waals surface area contributed by atoms with Crippen LogP contribution in [-0.2, 0) is 17.0 Å². The van der Waals surface area contributed by atoms with Crippen molar-refractivity contribution in [1.29, 1.82) is 0 Å². The zero-order chi connectivity index (χ0) is 21.9. The number of thiophene rings is 1. The van der Waals surface area contributed by atoms with Gasteiger partial charge in [-0.15, -0.1) is 11.3 Å². The maximum absolute atomic E-state index is 13.2. The van der Waals surface area contributed by atoms with Gasteiger partial charge in [0.15, 0.2) is 0 Å². The van der Waals surface area contributed by atoms with Gasteiger partial charge in [-0.25, -0.2) is 9.97 Å². The molecule has 2 aromatic heterocycles. The minimum absolute atomic E-state index is 0.162. The number of alkyl halides is 3. The summed E-state index contributed by atoms with van der Waals surface area (Å²) in [5.74, 6) is 0.0953. The van der Waals surface area contributed by atoms with Crippen molar-refractivity contribution in [2.75, 3.05) is 19.3 Å². The van der Waals surface area contributed by atoms with Gasteiger partial charge in [0.05, 0.1) is 26.3 Å². The summed E-state index contributed by atoms with van der Waals surface area (Å²) >= 11 is 0.882. The monoisotopic (exact) mass is 445 g/mol.